The lowest BCUT2D eigenvalue weighted by molar-refractivity contribution is -0.150. The third kappa shape index (κ3) is 34.6. The van der Waals surface area contributed by atoms with E-state index in [9.17, 15) is 9.59 Å². The number of allylic oxidation sites excluding steroid dienone is 6. The van der Waals surface area contributed by atoms with E-state index in [-0.39, 0.29) is 18.5 Å². The van der Waals surface area contributed by atoms with Crippen LogP contribution in [0.2, 0.25) is 0 Å². The summed E-state index contributed by atoms with van der Waals surface area (Å²) in [5, 5.41) is 8.84. The molecule has 1 atom stereocenters. The van der Waals surface area contributed by atoms with Crippen LogP contribution in [0.4, 0.5) is 0 Å². The van der Waals surface area contributed by atoms with Crippen LogP contribution in [0.15, 0.2) is 36.5 Å². The average Bonchev–Trinajstić information content (AvgIpc) is 3.01. The number of unbranched alkanes of at least 4 members (excludes halogenated alkanes) is 19. The van der Waals surface area contributed by atoms with E-state index in [0.717, 1.165) is 83.5 Å². The first-order valence-electron chi connectivity index (χ1n) is 19.0. The number of carbonyl (C=O) groups excluding carboxylic acids is 1. The van der Waals surface area contributed by atoms with Crippen molar-refractivity contribution in [2.75, 3.05) is 0 Å². The number of carbonyl (C=O) groups is 2. The maximum Gasteiger partial charge on any atom is 0.306 e. The average molecular weight is 617 g/mol. The molecule has 44 heavy (non-hydrogen) atoms. The Labute approximate surface area is 273 Å². The van der Waals surface area contributed by atoms with Gasteiger partial charge in [-0.2, -0.15) is 0 Å². The summed E-state index contributed by atoms with van der Waals surface area (Å²) in [4.78, 5) is 23.4. The largest absolute Gasteiger partial charge is 0.481 e. The fraction of sp³-hybridized carbons (Fsp3) is 0.800. The summed E-state index contributed by atoms with van der Waals surface area (Å²) < 4.78 is 5.96. The number of hydrogen-bond donors (Lipinski definition) is 1. The summed E-state index contributed by atoms with van der Waals surface area (Å²) in [6, 6.07) is 0. The van der Waals surface area contributed by atoms with Crippen LogP contribution in [-0.2, 0) is 14.3 Å². The van der Waals surface area contributed by atoms with E-state index in [2.05, 4.69) is 50.3 Å². The molecule has 0 amide bonds. The Kier molecular flexibility index (Phi) is 34.1. The molecular formula is C40H72O4. The molecule has 0 aromatic heterocycles. The monoisotopic (exact) mass is 617 g/mol. The van der Waals surface area contributed by atoms with Gasteiger partial charge in [0.1, 0.15) is 6.10 Å². The predicted molar refractivity (Wildman–Crippen MR) is 190 cm³/mol. The second kappa shape index (κ2) is 35.6. The van der Waals surface area contributed by atoms with Gasteiger partial charge >= 0.3 is 11.9 Å². The lowest BCUT2D eigenvalue weighted by Gasteiger charge is -2.18. The van der Waals surface area contributed by atoms with Gasteiger partial charge in [0.25, 0.3) is 0 Å². The number of carboxylic acids is 1. The molecule has 0 aliphatic carbocycles. The van der Waals surface area contributed by atoms with E-state index >= 15 is 0 Å². The summed E-state index contributed by atoms with van der Waals surface area (Å²) >= 11 is 0. The zero-order chi connectivity index (χ0) is 32.2. The van der Waals surface area contributed by atoms with Crippen molar-refractivity contribution in [3.8, 4) is 0 Å². The van der Waals surface area contributed by atoms with E-state index < -0.39 is 5.97 Å². The van der Waals surface area contributed by atoms with Gasteiger partial charge in [0, 0.05) is 12.8 Å². The number of carboxylic acid groups (broad SMARTS) is 1. The molecule has 0 aliphatic rings. The number of esters is 1. The van der Waals surface area contributed by atoms with E-state index in [1.807, 2.05) is 0 Å². The zero-order valence-electron chi connectivity index (χ0n) is 29.2. The van der Waals surface area contributed by atoms with Crippen LogP contribution in [0.3, 0.4) is 0 Å². The Bertz CT molecular complexity index is 708. The molecule has 0 aromatic carbocycles. The van der Waals surface area contributed by atoms with Crippen LogP contribution in [-0.4, -0.2) is 23.1 Å². The highest BCUT2D eigenvalue weighted by molar-refractivity contribution is 5.69. The van der Waals surface area contributed by atoms with Gasteiger partial charge in [0.05, 0.1) is 0 Å². The molecule has 0 saturated carbocycles. The Morgan fingerprint density at radius 1 is 0.523 bits per heavy atom. The van der Waals surface area contributed by atoms with Gasteiger partial charge in [-0.3, -0.25) is 9.59 Å². The van der Waals surface area contributed by atoms with Crippen LogP contribution in [0.5, 0.6) is 0 Å². The van der Waals surface area contributed by atoms with Crippen molar-refractivity contribution in [3.05, 3.63) is 36.5 Å². The molecular weight excluding hydrogens is 544 g/mol. The van der Waals surface area contributed by atoms with Crippen LogP contribution in [0.25, 0.3) is 0 Å². The van der Waals surface area contributed by atoms with Crippen LogP contribution in [0, 0.1) is 0 Å². The molecule has 0 spiro atoms. The van der Waals surface area contributed by atoms with Crippen molar-refractivity contribution >= 4 is 11.9 Å². The molecule has 1 N–H and O–H groups in total. The standard InChI is InChI=1S/C40H72O4/c1-3-5-7-9-11-13-15-17-18-19-21-23-25-27-33-37-40(43)44-38(35-31-28-29-32-36-39(41)42)34-30-26-24-22-20-16-14-12-10-8-6-4-2/h5,7,11,13,17-18,38H,3-4,6,8-10,12,14-16,19-37H2,1-2H3,(H,41,42)/b7-5-,13-11-,18-17-. The topological polar surface area (TPSA) is 63.6 Å². The smallest absolute Gasteiger partial charge is 0.306 e. The van der Waals surface area contributed by atoms with Gasteiger partial charge in [0.2, 0.25) is 0 Å². The molecule has 0 fully saturated rings. The minimum atomic E-state index is -0.713. The quantitative estimate of drug-likeness (QED) is 0.0444. The van der Waals surface area contributed by atoms with Crippen LogP contribution < -0.4 is 0 Å². The van der Waals surface area contributed by atoms with Crippen molar-refractivity contribution < 1.29 is 19.4 Å². The van der Waals surface area contributed by atoms with Gasteiger partial charge in [-0.15, -0.1) is 0 Å². The molecule has 4 nitrogen and oxygen atoms in total. The first-order chi connectivity index (χ1) is 21.6. The molecule has 4 heteroatoms. The van der Waals surface area contributed by atoms with E-state index in [1.165, 1.54) is 89.9 Å². The third-order valence-corrected chi connectivity index (χ3v) is 8.38. The van der Waals surface area contributed by atoms with Crippen molar-refractivity contribution in [2.45, 2.75) is 206 Å². The molecule has 0 radical (unpaired) electrons. The third-order valence-electron chi connectivity index (χ3n) is 8.38. The van der Waals surface area contributed by atoms with Crippen molar-refractivity contribution in [3.63, 3.8) is 0 Å². The van der Waals surface area contributed by atoms with Gasteiger partial charge in [-0.1, -0.05) is 153 Å². The maximum absolute atomic E-state index is 12.6. The summed E-state index contributed by atoms with van der Waals surface area (Å²) in [7, 11) is 0. The van der Waals surface area contributed by atoms with Crippen LogP contribution in [0.1, 0.15) is 200 Å². The van der Waals surface area contributed by atoms with E-state index in [1.54, 1.807) is 0 Å². The second-order valence-electron chi connectivity index (χ2n) is 12.7. The molecule has 1 unspecified atom stereocenters. The minimum absolute atomic E-state index is 0.0269. The fourth-order valence-corrected chi connectivity index (χ4v) is 5.61. The summed E-state index contributed by atoms with van der Waals surface area (Å²) in [5.41, 5.74) is 0. The van der Waals surface area contributed by atoms with Gasteiger partial charge in [-0.05, 0) is 70.6 Å². The highest BCUT2D eigenvalue weighted by Gasteiger charge is 2.14. The predicted octanol–water partition coefficient (Wildman–Crippen LogP) is 13.0. The van der Waals surface area contributed by atoms with Crippen molar-refractivity contribution in [1.82, 2.24) is 0 Å². The SMILES string of the molecule is CC/C=C\C/C=C\C/C=C\CCCCCCCC(=O)OC(CCCCCCCCCCCCCC)CCCCCCC(=O)O. The molecule has 0 aromatic rings. The highest BCUT2D eigenvalue weighted by Crippen LogP contribution is 2.19. The number of ether oxygens (including phenoxy) is 1. The first-order valence-corrected chi connectivity index (χ1v) is 19.0. The Balaban J connectivity index is 4.04. The van der Waals surface area contributed by atoms with Gasteiger partial charge in [-0.25, -0.2) is 0 Å². The Hall–Kier alpha value is -1.84. The maximum atomic E-state index is 12.6. The summed E-state index contributed by atoms with van der Waals surface area (Å²) in [6.07, 6.45) is 45.8. The van der Waals surface area contributed by atoms with Gasteiger partial charge in [0.15, 0.2) is 0 Å². The van der Waals surface area contributed by atoms with Gasteiger partial charge < -0.3 is 9.84 Å². The highest BCUT2D eigenvalue weighted by atomic mass is 16.5. The zero-order valence-corrected chi connectivity index (χ0v) is 29.2. The van der Waals surface area contributed by atoms with Crippen molar-refractivity contribution in [2.24, 2.45) is 0 Å². The Morgan fingerprint density at radius 3 is 1.48 bits per heavy atom. The molecule has 256 valence electrons. The normalized spacial score (nSPS) is 12.6. The van der Waals surface area contributed by atoms with Crippen molar-refractivity contribution in [1.29, 1.82) is 0 Å². The fourth-order valence-electron chi connectivity index (χ4n) is 5.61. The molecule has 0 heterocycles. The first kappa shape index (κ1) is 42.2. The molecule has 0 rings (SSSR count). The molecule has 0 bridgehead atoms. The lowest BCUT2D eigenvalue weighted by Crippen LogP contribution is -2.18. The number of aliphatic carboxylic acids is 1. The number of hydrogen-bond acceptors (Lipinski definition) is 3. The molecule has 0 saturated heterocycles. The lowest BCUT2D eigenvalue weighted by atomic mass is 10.0. The summed E-state index contributed by atoms with van der Waals surface area (Å²) in [6.45, 7) is 4.43. The van der Waals surface area contributed by atoms with E-state index in [0.29, 0.717) is 6.42 Å². The van der Waals surface area contributed by atoms with E-state index in [4.69, 9.17) is 9.84 Å². The summed E-state index contributed by atoms with van der Waals surface area (Å²) in [5.74, 6) is -0.740. The molecule has 0 aliphatic heterocycles. The minimum Gasteiger partial charge on any atom is -0.481 e. The van der Waals surface area contributed by atoms with Crippen LogP contribution >= 0.6 is 0 Å². The second-order valence-corrected chi connectivity index (χ2v) is 12.7. The number of rotatable bonds is 34. The Morgan fingerprint density at radius 2 is 0.955 bits per heavy atom.